The molecule has 2 aromatic rings. The molecule has 0 amide bonds. The van der Waals surface area contributed by atoms with Crippen LogP contribution in [0.3, 0.4) is 0 Å². The lowest BCUT2D eigenvalue weighted by molar-refractivity contribution is 0.942. The molecule has 1 aliphatic heterocycles. The Morgan fingerprint density at radius 3 is 2.90 bits per heavy atom. The van der Waals surface area contributed by atoms with Crippen LogP contribution in [0.15, 0.2) is 30.5 Å². The zero-order valence-electron chi connectivity index (χ0n) is 11.8. The van der Waals surface area contributed by atoms with E-state index in [-0.39, 0.29) is 0 Å². The van der Waals surface area contributed by atoms with Gasteiger partial charge in [-0.25, -0.2) is 4.98 Å². The van der Waals surface area contributed by atoms with Crippen molar-refractivity contribution in [3.63, 3.8) is 0 Å². The second kappa shape index (κ2) is 5.49. The summed E-state index contributed by atoms with van der Waals surface area (Å²) in [4.78, 5) is 11.5. The Morgan fingerprint density at radius 1 is 1.35 bits per heavy atom. The Kier molecular flexibility index (Phi) is 3.54. The number of rotatable bonds is 3. The molecule has 20 heavy (non-hydrogen) atoms. The van der Waals surface area contributed by atoms with Gasteiger partial charge in [-0.1, -0.05) is 18.2 Å². The Morgan fingerprint density at radius 2 is 2.15 bits per heavy atom. The number of fused-ring (bicyclic) bond motifs is 1. The van der Waals surface area contributed by atoms with Crippen molar-refractivity contribution in [3.8, 4) is 0 Å². The molecule has 4 heteroatoms. The number of hydrogen-bond acceptors (Lipinski definition) is 4. The van der Waals surface area contributed by atoms with Crippen molar-refractivity contribution < 1.29 is 0 Å². The predicted molar refractivity (Wildman–Crippen MR) is 83.9 cm³/mol. The number of pyridine rings is 2. The molecule has 0 aliphatic carbocycles. The summed E-state index contributed by atoms with van der Waals surface area (Å²) >= 11 is 0. The lowest BCUT2D eigenvalue weighted by Gasteiger charge is -2.20. The van der Waals surface area contributed by atoms with Gasteiger partial charge in [0.25, 0.3) is 0 Å². The molecular weight excluding hydrogens is 248 g/mol. The van der Waals surface area contributed by atoms with E-state index in [2.05, 4.69) is 27.0 Å². The van der Waals surface area contributed by atoms with E-state index in [1.165, 1.54) is 12.8 Å². The van der Waals surface area contributed by atoms with Gasteiger partial charge in [-0.2, -0.15) is 0 Å². The topological polar surface area (TPSA) is 55.0 Å². The zero-order chi connectivity index (χ0) is 13.9. The summed E-state index contributed by atoms with van der Waals surface area (Å²) in [5.74, 6) is 1.57. The van der Waals surface area contributed by atoms with Gasteiger partial charge in [0.05, 0.1) is 0 Å². The quantitative estimate of drug-likeness (QED) is 0.870. The molecule has 104 valence electrons. The summed E-state index contributed by atoms with van der Waals surface area (Å²) in [5.41, 5.74) is 8.25. The minimum absolute atomic E-state index is 0.630. The molecule has 0 saturated carbocycles. The summed E-state index contributed by atoms with van der Waals surface area (Å²) in [6.45, 7) is 4.11. The monoisotopic (exact) mass is 268 g/mol. The minimum atomic E-state index is 0.630. The summed E-state index contributed by atoms with van der Waals surface area (Å²) in [6.07, 6.45) is 9.22. The average molecular weight is 268 g/mol. The number of nitrogen functional groups attached to an aromatic ring is 1. The van der Waals surface area contributed by atoms with Crippen LogP contribution in [0.25, 0.3) is 10.9 Å². The van der Waals surface area contributed by atoms with E-state index in [1.807, 2.05) is 25.3 Å². The van der Waals surface area contributed by atoms with Crippen molar-refractivity contribution in [2.24, 2.45) is 0 Å². The molecule has 0 spiro atoms. The van der Waals surface area contributed by atoms with Crippen molar-refractivity contribution in [1.82, 2.24) is 9.97 Å². The van der Waals surface area contributed by atoms with Gasteiger partial charge in [0.15, 0.2) is 5.82 Å². The third-order valence-electron chi connectivity index (χ3n) is 3.84. The molecule has 0 aromatic carbocycles. The summed E-state index contributed by atoms with van der Waals surface area (Å²) in [7, 11) is 0. The second-order valence-corrected chi connectivity index (χ2v) is 5.17. The van der Waals surface area contributed by atoms with Crippen LogP contribution in [0.5, 0.6) is 0 Å². The third kappa shape index (κ3) is 2.22. The van der Waals surface area contributed by atoms with Crippen molar-refractivity contribution >= 4 is 22.5 Å². The normalized spacial score (nSPS) is 15.6. The van der Waals surface area contributed by atoms with Gasteiger partial charge >= 0.3 is 0 Å². The van der Waals surface area contributed by atoms with E-state index in [9.17, 15) is 0 Å². The summed E-state index contributed by atoms with van der Waals surface area (Å²) < 4.78 is 0. The minimum Gasteiger partial charge on any atom is -0.383 e. The van der Waals surface area contributed by atoms with Crippen LogP contribution in [-0.2, 0) is 6.42 Å². The van der Waals surface area contributed by atoms with Crippen LogP contribution in [-0.4, -0.2) is 23.1 Å². The van der Waals surface area contributed by atoms with E-state index in [4.69, 9.17) is 5.73 Å². The van der Waals surface area contributed by atoms with Gasteiger partial charge < -0.3 is 10.6 Å². The fourth-order valence-corrected chi connectivity index (χ4v) is 2.80. The van der Waals surface area contributed by atoms with E-state index >= 15 is 0 Å². The first-order valence-electron chi connectivity index (χ1n) is 7.20. The Hall–Kier alpha value is -2.10. The highest BCUT2D eigenvalue weighted by Crippen LogP contribution is 2.31. The predicted octanol–water partition coefficient (Wildman–Crippen LogP) is 2.93. The standard InChI is InChI=1S/C16H20N4/c1-2-3-7-13-12-8-6-9-18-14(12)16(19-15(13)17)20-10-4-5-11-20/h2-3,6,8-9H,4-5,7,10-11H2,1H3,(H2,17,19)/b3-2+. The Balaban J connectivity index is 2.18. The molecule has 2 N–H and O–H groups in total. The zero-order valence-corrected chi connectivity index (χ0v) is 11.8. The first-order chi connectivity index (χ1) is 9.81. The fourth-order valence-electron chi connectivity index (χ4n) is 2.80. The number of nitrogens with two attached hydrogens (primary N) is 1. The molecule has 0 unspecified atom stereocenters. The highest BCUT2D eigenvalue weighted by molar-refractivity contribution is 5.94. The van der Waals surface area contributed by atoms with E-state index in [0.717, 1.165) is 41.8 Å². The van der Waals surface area contributed by atoms with Gasteiger partial charge in [0.1, 0.15) is 11.3 Å². The first kappa shape index (κ1) is 12.9. The van der Waals surface area contributed by atoms with Crippen LogP contribution in [0.1, 0.15) is 25.3 Å². The lowest BCUT2D eigenvalue weighted by atomic mass is 10.1. The van der Waals surface area contributed by atoms with Crippen LogP contribution in [0.4, 0.5) is 11.6 Å². The van der Waals surface area contributed by atoms with Crippen LogP contribution in [0.2, 0.25) is 0 Å². The summed E-state index contributed by atoms with van der Waals surface area (Å²) in [5, 5.41) is 1.13. The maximum atomic E-state index is 6.20. The molecule has 0 bridgehead atoms. The Bertz CT molecular complexity index is 642. The maximum absolute atomic E-state index is 6.20. The number of nitrogens with zero attached hydrogens (tertiary/aromatic N) is 3. The van der Waals surface area contributed by atoms with Crippen LogP contribution >= 0.6 is 0 Å². The molecule has 0 atom stereocenters. The fraction of sp³-hybridized carbons (Fsp3) is 0.375. The van der Waals surface area contributed by atoms with Crippen LogP contribution < -0.4 is 10.6 Å². The maximum Gasteiger partial charge on any atom is 0.157 e. The molecule has 2 aromatic heterocycles. The van der Waals surface area contributed by atoms with Gasteiger partial charge in [-0.3, -0.25) is 4.98 Å². The highest BCUT2D eigenvalue weighted by Gasteiger charge is 2.19. The number of aromatic nitrogens is 2. The van der Waals surface area contributed by atoms with Crippen molar-refractivity contribution in [2.45, 2.75) is 26.2 Å². The third-order valence-corrected chi connectivity index (χ3v) is 3.84. The van der Waals surface area contributed by atoms with Crippen molar-refractivity contribution in [2.75, 3.05) is 23.7 Å². The van der Waals surface area contributed by atoms with Gasteiger partial charge in [0.2, 0.25) is 0 Å². The van der Waals surface area contributed by atoms with E-state index < -0.39 is 0 Å². The number of allylic oxidation sites excluding steroid dienone is 2. The molecule has 1 aliphatic rings. The molecular formula is C16H20N4. The SMILES string of the molecule is C/C=C/Cc1c(N)nc(N2CCCC2)c2ncccc12. The van der Waals surface area contributed by atoms with Gasteiger partial charge in [-0.15, -0.1) is 0 Å². The van der Waals surface area contributed by atoms with E-state index in [1.54, 1.807) is 0 Å². The van der Waals surface area contributed by atoms with Crippen molar-refractivity contribution in [1.29, 1.82) is 0 Å². The molecule has 3 heterocycles. The molecule has 1 saturated heterocycles. The molecule has 1 fully saturated rings. The molecule has 3 rings (SSSR count). The van der Waals surface area contributed by atoms with E-state index in [0.29, 0.717) is 5.82 Å². The lowest BCUT2D eigenvalue weighted by Crippen LogP contribution is -2.20. The molecule has 0 radical (unpaired) electrons. The number of anilines is 2. The van der Waals surface area contributed by atoms with Crippen molar-refractivity contribution in [3.05, 3.63) is 36.0 Å². The Labute approximate surface area is 119 Å². The first-order valence-corrected chi connectivity index (χ1v) is 7.20. The van der Waals surface area contributed by atoms with Gasteiger partial charge in [0, 0.05) is 30.2 Å². The summed E-state index contributed by atoms with van der Waals surface area (Å²) in [6, 6.07) is 4.06. The van der Waals surface area contributed by atoms with Gasteiger partial charge in [-0.05, 0) is 32.3 Å². The number of hydrogen-bond donors (Lipinski definition) is 1. The second-order valence-electron chi connectivity index (χ2n) is 5.17. The highest BCUT2D eigenvalue weighted by atomic mass is 15.2. The average Bonchev–Trinajstić information content (AvgIpc) is 3.00. The van der Waals surface area contributed by atoms with Crippen LogP contribution in [0, 0.1) is 0 Å². The largest absolute Gasteiger partial charge is 0.383 e. The molecule has 4 nitrogen and oxygen atoms in total. The smallest absolute Gasteiger partial charge is 0.157 e.